The molecule has 0 bridgehead atoms. The third-order valence-electron chi connectivity index (χ3n) is 6.82. The van der Waals surface area contributed by atoms with Crippen molar-refractivity contribution >= 4 is 35.3 Å². The zero-order valence-electron chi connectivity index (χ0n) is 22.1. The highest BCUT2D eigenvalue weighted by Gasteiger charge is 2.35. The van der Waals surface area contributed by atoms with Crippen molar-refractivity contribution in [3.8, 4) is 22.4 Å². The summed E-state index contributed by atoms with van der Waals surface area (Å²) >= 11 is 1.34. The molecule has 36 heavy (non-hydrogen) atoms. The van der Waals surface area contributed by atoms with Gasteiger partial charge in [-0.2, -0.15) is 5.26 Å². The van der Waals surface area contributed by atoms with E-state index in [-0.39, 0.29) is 23.9 Å². The van der Waals surface area contributed by atoms with Crippen molar-refractivity contribution < 1.29 is 14.3 Å². The number of hydrogen-bond acceptors (Lipinski definition) is 8. The molecular weight excluding hydrogens is 498 g/mol. The zero-order chi connectivity index (χ0) is 25.6. The fourth-order valence-electron chi connectivity index (χ4n) is 4.55. The average Bonchev–Trinajstić information content (AvgIpc) is 3.25. The van der Waals surface area contributed by atoms with Crippen molar-refractivity contribution in [3.63, 3.8) is 0 Å². The smallest absolute Gasteiger partial charge is 0.263 e. The molecule has 0 spiro atoms. The van der Waals surface area contributed by atoms with Crippen LogP contribution in [0.5, 0.6) is 5.75 Å². The average molecular weight is 536 g/mol. The molecule has 1 fully saturated rings. The summed E-state index contributed by atoms with van der Waals surface area (Å²) in [4.78, 5) is 22.8. The van der Waals surface area contributed by atoms with Crippen LogP contribution in [0.4, 0.5) is 5.69 Å². The van der Waals surface area contributed by atoms with Gasteiger partial charge in [-0.05, 0) is 66.8 Å². The van der Waals surface area contributed by atoms with Crippen LogP contribution >= 0.6 is 23.7 Å². The number of halogens is 1. The van der Waals surface area contributed by atoms with E-state index in [9.17, 15) is 10.1 Å². The Morgan fingerprint density at radius 3 is 2.47 bits per heavy atom. The van der Waals surface area contributed by atoms with Crippen LogP contribution in [0, 0.1) is 18.3 Å². The second-order valence-electron chi connectivity index (χ2n) is 8.90. The number of ether oxygens (including phenoxy) is 2. The van der Waals surface area contributed by atoms with E-state index in [1.54, 1.807) is 0 Å². The van der Waals surface area contributed by atoms with Gasteiger partial charge in [0, 0.05) is 38.4 Å². The molecule has 1 aliphatic rings. The van der Waals surface area contributed by atoms with E-state index < -0.39 is 0 Å². The monoisotopic (exact) mass is 535 g/mol. The van der Waals surface area contributed by atoms with E-state index >= 15 is 0 Å². The number of likely N-dealkylation sites (N-methyl/N-ethyl adjacent to an activating group) is 1. The Morgan fingerprint density at radius 2 is 1.92 bits per heavy atom. The molecule has 1 amide bonds. The molecule has 1 saturated heterocycles. The quantitative estimate of drug-likeness (QED) is 0.479. The Balaban J connectivity index is 0.00000456. The number of aromatic nitrogens is 1. The van der Waals surface area contributed by atoms with Crippen molar-refractivity contribution in [3.05, 3.63) is 28.3 Å². The summed E-state index contributed by atoms with van der Waals surface area (Å²) < 4.78 is 11.5. The molecule has 10 heteroatoms. The van der Waals surface area contributed by atoms with Gasteiger partial charge < -0.3 is 24.6 Å². The van der Waals surface area contributed by atoms with E-state index in [4.69, 9.17) is 14.5 Å². The zero-order valence-corrected chi connectivity index (χ0v) is 23.8. The summed E-state index contributed by atoms with van der Waals surface area (Å²) in [6.07, 6.45) is 1.75. The second kappa shape index (κ2) is 13.2. The van der Waals surface area contributed by atoms with Gasteiger partial charge in [0.25, 0.3) is 5.91 Å². The SMILES string of the molecule is CCOc1c(-c2nc(C)c(C(=O)NCC3(N(C)C)CCOCC3)s2)ccc(N(CC)CC)c1C#N.Cl. The van der Waals surface area contributed by atoms with Gasteiger partial charge in [0.15, 0.2) is 0 Å². The summed E-state index contributed by atoms with van der Waals surface area (Å²) in [5, 5.41) is 13.8. The third-order valence-corrected chi connectivity index (χ3v) is 8.01. The highest BCUT2D eigenvalue weighted by molar-refractivity contribution is 7.17. The second-order valence-corrected chi connectivity index (χ2v) is 9.90. The molecule has 0 radical (unpaired) electrons. The summed E-state index contributed by atoms with van der Waals surface area (Å²) in [6, 6.07) is 6.24. The molecular formula is C26H38ClN5O3S. The predicted molar refractivity (Wildman–Crippen MR) is 148 cm³/mol. The van der Waals surface area contributed by atoms with Gasteiger partial charge in [-0.3, -0.25) is 4.79 Å². The van der Waals surface area contributed by atoms with Gasteiger partial charge in [-0.15, -0.1) is 23.7 Å². The third kappa shape index (κ3) is 6.12. The number of benzene rings is 1. The van der Waals surface area contributed by atoms with Crippen LogP contribution in [0.3, 0.4) is 0 Å². The van der Waals surface area contributed by atoms with Crippen molar-refractivity contribution in [1.29, 1.82) is 5.26 Å². The number of carbonyl (C=O) groups excluding carboxylic acids is 1. The molecule has 2 aromatic rings. The number of anilines is 1. The molecule has 2 heterocycles. The van der Waals surface area contributed by atoms with Gasteiger partial charge in [0.05, 0.1) is 23.6 Å². The molecule has 0 unspecified atom stereocenters. The first-order valence-corrected chi connectivity index (χ1v) is 13.1. The molecule has 0 atom stereocenters. The molecule has 8 nitrogen and oxygen atoms in total. The Labute approximate surface area is 225 Å². The number of hydrogen-bond donors (Lipinski definition) is 1. The highest BCUT2D eigenvalue weighted by atomic mass is 35.5. The summed E-state index contributed by atoms with van der Waals surface area (Å²) in [5.41, 5.74) is 2.64. The van der Waals surface area contributed by atoms with Crippen LogP contribution in [-0.2, 0) is 4.74 Å². The molecule has 0 aliphatic carbocycles. The summed E-state index contributed by atoms with van der Waals surface area (Å²) in [7, 11) is 4.11. The number of amides is 1. The van der Waals surface area contributed by atoms with Crippen LogP contribution in [0.15, 0.2) is 12.1 Å². The van der Waals surface area contributed by atoms with Gasteiger partial charge in [-0.25, -0.2) is 4.98 Å². The fraction of sp³-hybridized carbons (Fsp3) is 0.577. The van der Waals surface area contributed by atoms with Crippen LogP contribution in [0.1, 0.15) is 54.5 Å². The fourth-order valence-corrected chi connectivity index (χ4v) is 5.56. The number of aryl methyl sites for hydroxylation is 1. The van der Waals surface area contributed by atoms with E-state index in [2.05, 4.69) is 49.1 Å². The maximum absolute atomic E-state index is 13.2. The number of thiazole rings is 1. The van der Waals surface area contributed by atoms with Gasteiger partial charge in [-0.1, -0.05) is 0 Å². The Morgan fingerprint density at radius 1 is 1.25 bits per heavy atom. The van der Waals surface area contributed by atoms with Crippen LogP contribution in [0.25, 0.3) is 10.6 Å². The van der Waals surface area contributed by atoms with Gasteiger partial charge in [0.2, 0.25) is 0 Å². The van der Waals surface area contributed by atoms with E-state index in [0.29, 0.717) is 53.3 Å². The van der Waals surface area contributed by atoms with Crippen LogP contribution in [0.2, 0.25) is 0 Å². The van der Waals surface area contributed by atoms with E-state index in [1.807, 2.05) is 26.0 Å². The van der Waals surface area contributed by atoms with Crippen LogP contribution in [-0.4, -0.2) is 74.9 Å². The highest BCUT2D eigenvalue weighted by Crippen LogP contribution is 2.41. The molecule has 0 saturated carbocycles. The van der Waals surface area contributed by atoms with Crippen LogP contribution < -0.4 is 15.0 Å². The lowest BCUT2D eigenvalue weighted by atomic mass is 9.88. The van der Waals surface area contributed by atoms with Crippen molar-refractivity contribution in [1.82, 2.24) is 15.2 Å². The standard InChI is InChI=1S/C26H37N5O3S.ClH/c1-7-31(8-2)21-11-10-19(22(34-9-3)20(21)16-27)25-29-18(4)23(35-25)24(32)28-17-26(30(5)6)12-14-33-15-13-26;/h10-11H,7-9,12-15,17H2,1-6H3,(H,28,32);1H. The lowest BCUT2D eigenvalue weighted by Gasteiger charge is -2.42. The number of nitrogens with one attached hydrogen (secondary N) is 1. The van der Waals surface area contributed by atoms with Gasteiger partial charge in [0.1, 0.15) is 27.3 Å². The predicted octanol–water partition coefficient (Wildman–Crippen LogP) is 4.50. The van der Waals surface area contributed by atoms with Crippen molar-refractivity contribution in [2.45, 2.75) is 46.1 Å². The molecule has 1 aromatic carbocycles. The molecule has 1 aliphatic heterocycles. The first-order chi connectivity index (χ1) is 16.8. The minimum Gasteiger partial charge on any atom is -0.492 e. The first kappa shape index (κ1) is 29.8. The maximum Gasteiger partial charge on any atom is 0.263 e. The Bertz CT molecular complexity index is 1070. The Hall–Kier alpha value is -2.38. The number of nitriles is 1. The van der Waals surface area contributed by atoms with Crippen molar-refractivity contribution in [2.24, 2.45) is 0 Å². The molecule has 1 aromatic heterocycles. The minimum absolute atomic E-state index is 0. The molecule has 1 N–H and O–H groups in total. The maximum atomic E-state index is 13.2. The minimum atomic E-state index is -0.128. The Kier molecular flexibility index (Phi) is 11.0. The normalized spacial score (nSPS) is 14.6. The number of rotatable bonds is 10. The van der Waals surface area contributed by atoms with E-state index in [1.165, 1.54) is 11.3 Å². The summed E-state index contributed by atoms with van der Waals surface area (Å²) in [5.74, 6) is 0.395. The number of carbonyl (C=O) groups is 1. The lowest BCUT2D eigenvalue weighted by Crippen LogP contribution is -2.55. The summed E-state index contributed by atoms with van der Waals surface area (Å²) in [6.45, 7) is 11.8. The van der Waals surface area contributed by atoms with E-state index in [0.717, 1.165) is 37.2 Å². The molecule has 198 valence electrons. The molecule has 3 rings (SSSR count). The topological polar surface area (TPSA) is 90.7 Å². The first-order valence-electron chi connectivity index (χ1n) is 12.3. The lowest BCUT2D eigenvalue weighted by molar-refractivity contribution is -0.00656. The number of nitrogens with zero attached hydrogens (tertiary/aromatic N) is 4. The largest absolute Gasteiger partial charge is 0.492 e. The van der Waals surface area contributed by atoms with Gasteiger partial charge >= 0.3 is 0 Å². The van der Waals surface area contributed by atoms with Crippen molar-refractivity contribution in [2.75, 3.05) is 58.5 Å².